The van der Waals surface area contributed by atoms with Crippen LogP contribution in [0.5, 0.6) is 0 Å². The van der Waals surface area contributed by atoms with E-state index in [4.69, 9.17) is 15.1 Å². The molecule has 5 N–H and O–H groups in total. The molecule has 11 heteroatoms. The van der Waals surface area contributed by atoms with Gasteiger partial charge >= 0.3 is 5.97 Å². The van der Waals surface area contributed by atoms with Crippen LogP contribution in [0.2, 0.25) is 0 Å². The third-order valence-electron chi connectivity index (χ3n) is 8.63. The number of H-pyrrole nitrogens is 1. The fourth-order valence-corrected chi connectivity index (χ4v) is 6.09. The summed E-state index contributed by atoms with van der Waals surface area (Å²) < 4.78 is 5.27. The highest BCUT2D eigenvalue weighted by molar-refractivity contribution is 6.11. The van der Waals surface area contributed by atoms with Gasteiger partial charge in [0.05, 0.1) is 23.7 Å². The molecule has 1 saturated heterocycles. The SMILES string of the molecule is Cc1c([C@@](C)(NCCCC(=O)OC(C)C)C(=O)N2CCCC2)ccc2[nH]c(CNc3ccc(C(=N)NC(=O)c4ccccc4)cc3)nc12. The highest BCUT2D eigenvalue weighted by Crippen LogP contribution is 2.32. The summed E-state index contributed by atoms with van der Waals surface area (Å²) in [6.45, 7) is 9.98. The first-order valence-corrected chi connectivity index (χ1v) is 16.6. The van der Waals surface area contributed by atoms with E-state index in [1.807, 2.05) is 62.9 Å². The first-order valence-electron chi connectivity index (χ1n) is 16.6. The highest BCUT2D eigenvalue weighted by Gasteiger charge is 2.40. The Hall–Kier alpha value is -5.03. The molecule has 0 radical (unpaired) electrons. The fraction of sp³-hybridized carbons (Fsp3) is 0.378. The van der Waals surface area contributed by atoms with Gasteiger partial charge in [-0.05, 0) is 107 Å². The number of esters is 1. The minimum atomic E-state index is -0.988. The Labute approximate surface area is 281 Å². The summed E-state index contributed by atoms with van der Waals surface area (Å²) in [4.78, 5) is 48.7. The van der Waals surface area contributed by atoms with Gasteiger partial charge in [0.25, 0.3) is 5.91 Å². The lowest BCUT2D eigenvalue weighted by Gasteiger charge is -2.35. The van der Waals surface area contributed by atoms with Gasteiger partial charge in [0, 0.05) is 36.3 Å². The van der Waals surface area contributed by atoms with Crippen LogP contribution in [0.25, 0.3) is 11.0 Å². The second-order valence-electron chi connectivity index (χ2n) is 12.6. The number of amides is 2. The first-order chi connectivity index (χ1) is 23.0. The van der Waals surface area contributed by atoms with E-state index in [2.05, 4.69) is 20.9 Å². The lowest BCUT2D eigenvalue weighted by Crippen LogP contribution is -2.53. The number of aryl methyl sites for hydroxylation is 1. The largest absolute Gasteiger partial charge is 0.463 e. The standard InChI is InChI=1S/C37H45N7O4/c1-24(2)48-32(45)13-10-20-40-37(4,36(47)44-21-8-9-22-44)29-18-19-30-33(25(29)3)42-31(41-30)23-39-28-16-14-26(15-17-28)34(38)43-35(46)27-11-6-5-7-12-27/h5-7,11-12,14-19,24,39-40H,8-10,13,20-23H2,1-4H3,(H,41,42)(H2,38,43,46)/t37-/m1/s1. The number of carbonyl (C=O) groups excluding carboxylic acids is 3. The number of imidazole rings is 1. The smallest absolute Gasteiger partial charge is 0.306 e. The number of aromatic amines is 1. The number of carbonyl (C=O) groups is 3. The molecular weight excluding hydrogens is 606 g/mol. The van der Waals surface area contributed by atoms with E-state index < -0.39 is 5.54 Å². The minimum absolute atomic E-state index is 0.0253. The number of benzene rings is 3. The number of nitrogens with one attached hydrogen (secondary N) is 5. The fourth-order valence-electron chi connectivity index (χ4n) is 6.09. The zero-order valence-corrected chi connectivity index (χ0v) is 28.1. The molecule has 3 aromatic carbocycles. The van der Waals surface area contributed by atoms with Crippen LogP contribution < -0.4 is 16.0 Å². The number of hydrogen-bond donors (Lipinski definition) is 5. The summed E-state index contributed by atoms with van der Waals surface area (Å²) >= 11 is 0. The molecule has 48 heavy (non-hydrogen) atoms. The molecule has 5 rings (SSSR count). The maximum Gasteiger partial charge on any atom is 0.306 e. The van der Waals surface area contributed by atoms with Crippen LogP contribution in [0.15, 0.2) is 66.7 Å². The molecular formula is C37H45N7O4. The molecule has 11 nitrogen and oxygen atoms in total. The number of nitrogens with zero attached hydrogens (tertiary/aromatic N) is 2. The molecule has 4 aromatic rings. The van der Waals surface area contributed by atoms with Crippen LogP contribution in [-0.4, -0.2) is 64.2 Å². The topological polar surface area (TPSA) is 152 Å². The van der Waals surface area contributed by atoms with E-state index in [9.17, 15) is 14.4 Å². The Morgan fingerprint density at radius 1 is 1.00 bits per heavy atom. The predicted octanol–water partition coefficient (Wildman–Crippen LogP) is 5.40. The molecule has 0 aliphatic carbocycles. The average Bonchev–Trinajstić information content (AvgIpc) is 3.77. The second kappa shape index (κ2) is 15.2. The molecule has 0 unspecified atom stereocenters. The molecule has 2 amide bonds. The molecule has 0 spiro atoms. The third kappa shape index (κ3) is 8.09. The van der Waals surface area contributed by atoms with Gasteiger partial charge in [0.1, 0.15) is 17.2 Å². The van der Waals surface area contributed by atoms with Gasteiger partial charge in [-0.15, -0.1) is 0 Å². The van der Waals surface area contributed by atoms with Gasteiger partial charge in [-0.3, -0.25) is 25.1 Å². The Bertz CT molecular complexity index is 1760. The molecule has 1 aromatic heterocycles. The van der Waals surface area contributed by atoms with Crippen molar-refractivity contribution in [3.05, 3.63) is 94.8 Å². The van der Waals surface area contributed by atoms with E-state index in [0.29, 0.717) is 30.6 Å². The van der Waals surface area contributed by atoms with E-state index in [1.165, 1.54) is 0 Å². The van der Waals surface area contributed by atoms with Crippen LogP contribution in [0.1, 0.15) is 79.3 Å². The van der Waals surface area contributed by atoms with E-state index in [0.717, 1.165) is 59.6 Å². The number of rotatable bonds is 13. The van der Waals surface area contributed by atoms with Crippen molar-refractivity contribution >= 4 is 40.3 Å². The van der Waals surface area contributed by atoms with Crippen molar-refractivity contribution < 1.29 is 19.1 Å². The zero-order chi connectivity index (χ0) is 34.3. The Kier molecular flexibility index (Phi) is 10.9. The van der Waals surface area contributed by atoms with Crippen molar-refractivity contribution in [1.29, 1.82) is 5.41 Å². The summed E-state index contributed by atoms with van der Waals surface area (Å²) in [6, 6.07) is 20.0. The van der Waals surface area contributed by atoms with Crippen LogP contribution in [-0.2, 0) is 26.4 Å². The summed E-state index contributed by atoms with van der Waals surface area (Å²) in [5, 5.41) is 17.8. The van der Waals surface area contributed by atoms with Gasteiger partial charge in [0.2, 0.25) is 5.91 Å². The lowest BCUT2D eigenvalue weighted by molar-refractivity contribution is -0.147. The maximum atomic E-state index is 14.0. The minimum Gasteiger partial charge on any atom is -0.463 e. The van der Waals surface area contributed by atoms with Gasteiger partial charge in [-0.1, -0.05) is 24.3 Å². The first kappa shape index (κ1) is 34.3. The van der Waals surface area contributed by atoms with Crippen molar-refractivity contribution in [2.24, 2.45) is 0 Å². The number of ether oxygens (including phenoxy) is 1. The number of anilines is 1. The Morgan fingerprint density at radius 2 is 1.71 bits per heavy atom. The number of fused-ring (bicyclic) bond motifs is 1. The van der Waals surface area contributed by atoms with Crippen LogP contribution in [0.4, 0.5) is 5.69 Å². The number of hydrogen-bond acceptors (Lipinski definition) is 8. The van der Waals surface area contributed by atoms with Gasteiger partial charge < -0.3 is 25.3 Å². The lowest BCUT2D eigenvalue weighted by atomic mass is 9.86. The monoisotopic (exact) mass is 651 g/mol. The molecule has 0 bridgehead atoms. The van der Waals surface area contributed by atoms with Crippen LogP contribution in [0.3, 0.4) is 0 Å². The van der Waals surface area contributed by atoms with Crippen molar-refractivity contribution in [3.8, 4) is 0 Å². The highest BCUT2D eigenvalue weighted by atomic mass is 16.5. The number of aromatic nitrogens is 2. The molecule has 2 heterocycles. The van der Waals surface area contributed by atoms with Gasteiger partial charge in [-0.2, -0.15) is 0 Å². The Morgan fingerprint density at radius 3 is 2.40 bits per heavy atom. The molecule has 0 saturated carbocycles. The van der Waals surface area contributed by atoms with Crippen LogP contribution in [0, 0.1) is 12.3 Å². The Balaban J connectivity index is 1.26. The average molecular weight is 652 g/mol. The van der Waals surface area contributed by atoms with Crippen LogP contribution >= 0.6 is 0 Å². The van der Waals surface area contributed by atoms with Crippen molar-refractivity contribution in [1.82, 2.24) is 25.5 Å². The van der Waals surface area contributed by atoms with E-state index in [1.54, 1.807) is 36.4 Å². The van der Waals surface area contributed by atoms with Crippen molar-refractivity contribution in [2.45, 2.75) is 71.6 Å². The predicted molar refractivity (Wildman–Crippen MR) is 187 cm³/mol. The zero-order valence-electron chi connectivity index (χ0n) is 28.1. The van der Waals surface area contributed by atoms with Crippen molar-refractivity contribution in [3.63, 3.8) is 0 Å². The maximum absolute atomic E-state index is 14.0. The summed E-state index contributed by atoms with van der Waals surface area (Å²) in [6.07, 6.45) is 2.67. The van der Waals surface area contributed by atoms with Gasteiger partial charge in [0.15, 0.2) is 0 Å². The summed E-state index contributed by atoms with van der Waals surface area (Å²) in [5.41, 5.74) is 4.38. The molecule has 252 valence electrons. The number of amidine groups is 1. The normalized spacial score (nSPS) is 14.1. The summed E-state index contributed by atoms with van der Waals surface area (Å²) in [5.74, 6) is 0.225. The summed E-state index contributed by atoms with van der Waals surface area (Å²) in [7, 11) is 0. The quantitative estimate of drug-likeness (QED) is 0.0562. The second-order valence-corrected chi connectivity index (χ2v) is 12.6. The third-order valence-corrected chi connectivity index (χ3v) is 8.63. The van der Waals surface area contributed by atoms with E-state index >= 15 is 0 Å². The molecule has 1 fully saturated rings. The molecule has 1 aliphatic rings. The van der Waals surface area contributed by atoms with Gasteiger partial charge in [-0.25, -0.2) is 4.98 Å². The van der Waals surface area contributed by atoms with E-state index in [-0.39, 0.29) is 36.1 Å². The van der Waals surface area contributed by atoms with Crippen molar-refractivity contribution in [2.75, 3.05) is 25.0 Å². The molecule has 1 atom stereocenters. The molecule has 1 aliphatic heterocycles. The number of likely N-dealkylation sites (tertiary alicyclic amines) is 1.